The monoisotopic (exact) mass is 259 g/mol. The predicted octanol–water partition coefficient (Wildman–Crippen LogP) is 3.37. The third kappa shape index (κ3) is 4.77. The van der Waals surface area contributed by atoms with Crippen LogP contribution in [-0.2, 0) is 17.5 Å². The number of benzene rings is 1. The number of carbonyl (C=O) groups excluding carboxylic acids is 1. The smallest absolute Gasteiger partial charge is 0.352 e. The van der Waals surface area contributed by atoms with E-state index in [1.54, 1.807) is 0 Å². The Balaban J connectivity index is 2.52. The molecule has 18 heavy (non-hydrogen) atoms. The van der Waals surface area contributed by atoms with Gasteiger partial charge in [-0.1, -0.05) is 26.0 Å². The van der Waals surface area contributed by atoms with Crippen molar-refractivity contribution in [2.45, 2.75) is 33.0 Å². The van der Waals surface area contributed by atoms with E-state index in [1.807, 2.05) is 13.8 Å². The van der Waals surface area contributed by atoms with E-state index in [-0.39, 0.29) is 18.4 Å². The standard InChI is InChI=1S/C13H16F3NO/c1-9(2)7-12(18)17-8-10-3-5-11(6-4-10)13(14,15)16/h3-6,9H,7-8H2,1-2H3,(H,17,18). The molecule has 0 unspecified atom stereocenters. The quantitative estimate of drug-likeness (QED) is 0.882. The van der Waals surface area contributed by atoms with Crippen LogP contribution in [0.5, 0.6) is 0 Å². The minimum atomic E-state index is -4.32. The number of carbonyl (C=O) groups is 1. The van der Waals surface area contributed by atoms with Gasteiger partial charge < -0.3 is 5.32 Å². The van der Waals surface area contributed by atoms with E-state index in [4.69, 9.17) is 0 Å². The molecular weight excluding hydrogens is 243 g/mol. The van der Waals surface area contributed by atoms with Crippen molar-refractivity contribution >= 4 is 5.91 Å². The van der Waals surface area contributed by atoms with Crippen LogP contribution in [0.25, 0.3) is 0 Å². The van der Waals surface area contributed by atoms with Crippen LogP contribution in [0, 0.1) is 5.92 Å². The van der Waals surface area contributed by atoms with Gasteiger partial charge in [0.2, 0.25) is 5.91 Å². The van der Waals surface area contributed by atoms with Crippen molar-refractivity contribution in [1.29, 1.82) is 0 Å². The third-order valence-corrected chi connectivity index (χ3v) is 2.36. The molecule has 0 radical (unpaired) electrons. The molecule has 0 heterocycles. The highest BCUT2D eigenvalue weighted by molar-refractivity contribution is 5.76. The number of rotatable bonds is 4. The second-order valence-corrected chi connectivity index (χ2v) is 4.57. The maximum absolute atomic E-state index is 12.3. The van der Waals surface area contributed by atoms with E-state index in [0.29, 0.717) is 12.0 Å². The van der Waals surface area contributed by atoms with Crippen LogP contribution in [0.15, 0.2) is 24.3 Å². The fourth-order valence-electron chi connectivity index (χ4n) is 1.46. The van der Waals surface area contributed by atoms with Crippen molar-refractivity contribution in [2.24, 2.45) is 5.92 Å². The van der Waals surface area contributed by atoms with Gasteiger partial charge in [0.1, 0.15) is 0 Å². The summed E-state index contributed by atoms with van der Waals surface area (Å²) >= 11 is 0. The summed E-state index contributed by atoms with van der Waals surface area (Å²) in [5, 5.41) is 2.67. The Labute approximate surface area is 104 Å². The zero-order valence-electron chi connectivity index (χ0n) is 10.3. The molecule has 2 nitrogen and oxygen atoms in total. The summed E-state index contributed by atoms with van der Waals surface area (Å²) in [6.07, 6.45) is -3.90. The lowest BCUT2D eigenvalue weighted by molar-refractivity contribution is -0.137. The van der Waals surface area contributed by atoms with Crippen LogP contribution in [0.1, 0.15) is 31.4 Å². The number of halogens is 3. The Morgan fingerprint density at radius 3 is 2.22 bits per heavy atom. The Morgan fingerprint density at radius 1 is 1.22 bits per heavy atom. The van der Waals surface area contributed by atoms with Crippen LogP contribution >= 0.6 is 0 Å². The van der Waals surface area contributed by atoms with Crippen molar-refractivity contribution in [2.75, 3.05) is 0 Å². The molecule has 5 heteroatoms. The van der Waals surface area contributed by atoms with E-state index in [2.05, 4.69) is 5.32 Å². The maximum atomic E-state index is 12.3. The number of hydrogen-bond donors (Lipinski definition) is 1. The van der Waals surface area contributed by atoms with Gasteiger partial charge in [0.15, 0.2) is 0 Å². The van der Waals surface area contributed by atoms with E-state index in [1.165, 1.54) is 12.1 Å². The Morgan fingerprint density at radius 2 is 1.78 bits per heavy atom. The predicted molar refractivity (Wildman–Crippen MR) is 62.7 cm³/mol. The summed E-state index contributed by atoms with van der Waals surface area (Å²) in [7, 11) is 0. The van der Waals surface area contributed by atoms with Gasteiger partial charge in [-0.05, 0) is 23.6 Å². The summed E-state index contributed by atoms with van der Waals surface area (Å²) in [4.78, 5) is 11.4. The molecule has 1 amide bonds. The number of amides is 1. The van der Waals surface area contributed by atoms with E-state index >= 15 is 0 Å². The van der Waals surface area contributed by atoms with Crippen LogP contribution in [0.4, 0.5) is 13.2 Å². The number of nitrogens with one attached hydrogen (secondary N) is 1. The molecular formula is C13H16F3NO. The van der Waals surface area contributed by atoms with E-state index in [0.717, 1.165) is 12.1 Å². The molecule has 0 aromatic heterocycles. The van der Waals surface area contributed by atoms with E-state index < -0.39 is 11.7 Å². The lowest BCUT2D eigenvalue weighted by Gasteiger charge is -2.09. The minimum Gasteiger partial charge on any atom is -0.352 e. The second kappa shape index (κ2) is 5.89. The van der Waals surface area contributed by atoms with Gasteiger partial charge in [-0.25, -0.2) is 0 Å². The first kappa shape index (κ1) is 14.5. The Kier molecular flexibility index (Phi) is 4.76. The molecule has 100 valence electrons. The number of hydrogen-bond acceptors (Lipinski definition) is 1. The highest BCUT2D eigenvalue weighted by atomic mass is 19.4. The summed E-state index contributed by atoms with van der Waals surface area (Å²) in [5.74, 6) is 0.169. The van der Waals surface area contributed by atoms with Gasteiger partial charge in [-0.3, -0.25) is 4.79 Å². The largest absolute Gasteiger partial charge is 0.416 e. The highest BCUT2D eigenvalue weighted by Gasteiger charge is 2.29. The number of alkyl halides is 3. The Hall–Kier alpha value is -1.52. The summed E-state index contributed by atoms with van der Waals surface area (Å²) in [5.41, 5.74) is -0.0279. The lowest BCUT2D eigenvalue weighted by atomic mass is 10.1. The molecule has 0 atom stereocenters. The molecule has 0 saturated carbocycles. The first-order chi connectivity index (χ1) is 8.29. The van der Waals surface area contributed by atoms with Crippen molar-refractivity contribution in [3.05, 3.63) is 35.4 Å². The molecule has 1 aromatic rings. The maximum Gasteiger partial charge on any atom is 0.416 e. The molecule has 0 bridgehead atoms. The van der Waals surface area contributed by atoms with Gasteiger partial charge in [0.05, 0.1) is 5.56 Å². The normalized spacial score (nSPS) is 11.7. The van der Waals surface area contributed by atoms with Crippen LogP contribution in [-0.4, -0.2) is 5.91 Å². The summed E-state index contributed by atoms with van der Waals surface area (Å²) in [6.45, 7) is 4.11. The first-order valence-corrected chi connectivity index (χ1v) is 5.72. The minimum absolute atomic E-state index is 0.0927. The topological polar surface area (TPSA) is 29.1 Å². The average molecular weight is 259 g/mol. The van der Waals surface area contributed by atoms with Gasteiger partial charge in [0.25, 0.3) is 0 Å². The average Bonchev–Trinajstić information content (AvgIpc) is 2.25. The Bertz CT molecular complexity index is 396. The zero-order valence-corrected chi connectivity index (χ0v) is 10.3. The van der Waals surface area contributed by atoms with E-state index in [9.17, 15) is 18.0 Å². The van der Waals surface area contributed by atoms with Crippen LogP contribution in [0.2, 0.25) is 0 Å². The highest BCUT2D eigenvalue weighted by Crippen LogP contribution is 2.28. The van der Waals surface area contributed by atoms with Crippen LogP contribution < -0.4 is 5.32 Å². The fourth-order valence-corrected chi connectivity index (χ4v) is 1.46. The second-order valence-electron chi connectivity index (χ2n) is 4.57. The molecule has 0 aliphatic rings. The van der Waals surface area contributed by atoms with Crippen molar-refractivity contribution in [1.82, 2.24) is 5.32 Å². The summed E-state index contributed by atoms with van der Waals surface area (Å²) in [6, 6.07) is 4.78. The molecule has 0 aliphatic carbocycles. The van der Waals surface area contributed by atoms with Crippen molar-refractivity contribution in [3.63, 3.8) is 0 Å². The van der Waals surface area contributed by atoms with Crippen molar-refractivity contribution in [3.8, 4) is 0 Å². The molecule has 0 fully saturated rings. The van der Waals surface area contributed by atoms with Crippen molar-refractivity contribution < 1.29 is 18.0 Å². The van der Waals surface area contributed by atoms with Gasteiger partial charge in [0, 0.05) is 13.0 Å². The molecule has 1 rings (SSSR count). The third-order valence-electron chi connectivity index (χ3n) is 2.36. The lowest BCUT2D eigenvalue weighted by Crippen LogP contribution is -2.23. The van der Waals surface area contributed by atoms with Gasteiger partial charge in [-0.15, -0.1) is 0 Å². The molecule has 0 saturated heterocycles. The van der Waals surface area contributed by atoms with Gasteiger partial charge >= 0.3 is 6.18 Å². The summed E-state index contributed by atoms with van der Waals surface area (Å²) < 4.78 is 36.9. The molecule has 1 N–H and O–H groups in total. The molecule has 1 aromatic carbocycles. The fraction of sp³-hybridized carbons (Fsp3) is 0.462. The SMILES string of the molecule is CC(C)CC(=O)NCc1ccc(C(F)(F)F)cc1. The van der Waals surface area contributed by atoms with Crippen LogP contribution in [0.3, 0.4) is 0 Å². The van der Waals surface area contributed by atoms with Gasteiger partial charge in [-0.2, -0.15) is 13.2 Å². The molecule has 0 aliphatic heterocycles. The zero-order chi connectivity index (χ0) is 13.8. The first-order valence-electron chi connectivity index (χ1n) is 5.72. The molecule has 0 spiro atoms.